The van der Waals surface area contributed by atoms with Crippen LogP contribution >= 0.6 is 0 Å². The van der Waals surface area contributed by atoms with Gasteiger partial charge in [-0.1, -0.05) is 18.2 Å². The monoisotopic (exact) mass is 468 g/mol. The number of halogens is 2. The molecular formula is C23H26F2N8O. The first-order valence-electron chi connectivity index (χ1n) is 10.6. The number of nitriles is 2. The fraction of sp³-hybridized carbons (Fsp3) is 0.391. The fourth-order valence-corrected chi connectivity index (χ4v) is 3.94. The highest BCUT2D eigenvalue weighted by Gasteiger charge is 2.34. The highest BCUT2D eigenvalue weighted by molar-refractivity contribution is 5.74. The van der Waals surface area contributed by atoms with Crippen LogP contribution in [0.15, 0.2) is 28.8 Å². The highest BCUT2D eigenvalue weighted by atomic mass is 19.3. The summed E-state index contributed by atoms with van der Waals surface area (Å²) in [6.45, 7) is 4.38. The summed E-state index contributed by atoms with van der Waals surface area (Å²) in [4.78, 5) is 14.4. The van der Waals surface area contributed by atoms with Gasteiger partial charge >= 0.3 is 5.92 Å². The summed E-state index contributed by atoms with van der Waals surface area (Å²) in [5.74, 6) is -2.74. The van der Waals surface area contributed by atoms with E-state index in [1.165, 1.54) is 26.1 Å². The van der Waals surface area contributed by atoms with Gasteiger partial charge in [0.2, 0.25) is 0 Å². The van der Waals surface area contributed by atoms with Gasteiger partial charge in [-0.15, -0.1) is 0 Å². The number of rotatable bonds is 7. The number of benzene rings is 1. The van der Waals surface area contributed by atoms with Crippen molar-refractivity contribution in [2.24, 2.45) is 13.0 Å². The minimum atomic E-state index is -3.62. The zero-order chi connectivity index (χ0) is 25.2. The molecule has 0 amide bonds. The summed E-state index contributed by atoms with van der Waals surface area (Å²) >= 11 is 0. The molecule has 0 unspecified atom stereocenters. The standard InChI is InChI=1S/C23H26F2N8O/c1-13-16(6-5-7-18(13)23(24,25)12-27)14(2)30-21-17(20(28)22(34)32(4)31-21)8-19(29-3)33-10-15(9-26)11-33/h5-8,14-15,29H,10-11,28H2,1-4H3,(H,30,31)/b19-8+/t14-/m1/s1. The van der Waals surface area contributed by atoms with Gasteiger partial charge in [0.05, 0.1) is 23.6 Å². The second-order valence-corrected chi connectivity index (χ2v) is 8.19. The van der Waals surface area contributed by atoms with Crippen molar-refractivity contribution in [3.63, 3.8) is 0 Å². The molecule has 1 fully saturated rings. The molecule has 11 heteroatoms. The Bertz CT molecular complexity index is 1270. The maximum atomic E-state index is 14.1. The summed E-state index contributed by atoms with van der Waals surface area (Å²) in [5.41, 5.74) is 6.45. The third kappa shape index (κ3) is 4.50. The number of aromatic nitrogens is 2. The van der Waals surface area contributed by atoms with E-state index in [0.29, 0.717) is 30.0 Å². The van der Waals surface area contributed by atoms with E-state index in [1.807, 2.05) is 4.90 Å². The maximum absolute atomic E-state index is 14.1. The lowest BCUT2D eigenvalue weighted by atomic mass is 9.94. The number of nitrogens with two attached hydrogens (primary N) is 1. The van der Waals surface area contributed by atoms with Crippen LogP contribution in [0.2, 0.25) is 0 Å². The van der Waals surface area contributed by atoms with E-state index in [-0.39, 0.29) is 28.6 Å². The Kier molecular flexibility index (Phi) is 6.78. The molecule has 1 saturated heterocycles. The normalized spacial score (nSPS) is 15.2. The van der Waals surface area contributed by atoms with Crippen LogP contribution in [0.1, 0.15) is 35.2 Å². The summed E-state index contributed by atoms with van der Waals surface area (Å²) < 4.78 is 29.3. The number of alkyl halides is 2. The lowest BCUT2D eigenvalue weighted by Gasteiger charge is -2.38. The van der Waals surface area contributed by atoms with E-state index in [2.05, 4.69) is 21.8 Å². The Morgan fingerprint density at radius 3 is 2.65 bits per heavy atom. The lowest BCUT2D eigenvalue weighted by Crippen LogP contribution is -2.47. The van der Waals surface area contributed by atoms with Crippen LogP contribution in [0.4, 0.5) is 20.3 Å². The van der Waals surface area contributed by atoms with Gasteiger partial charge in [0.25, 0.3) is 5.56 Å². The van der Waals surface area contributed by atoms with Crippen LogP contribution < -0.4 is 21.9 Å². The molecule has 0 spiro atoms. The van der Waals surface area contributed by atoms with E-state index >= 15 is 0 Å². The molecule has 1 aromatic carbocycles. The van der Waals surface area contributed by atoms with Gasteiger partial charge in [0.1, 0.15) is 17.6 Å². The zero-order valence-electron chi connectivity index (χ0n) is 19.4. The number of hydrogen-bond acceptors (Lipinski definition) is 8. The third-order valence-corrected chi connectivity index (χ3v) is 5.94. The van der Waals surface area contributed by atoms with Gasteiger partial charge < -0.3 is 21.3 Å². The smallest absolute Gasteiger partial charge is 0.357 e. The Morgan fingerprint density at radius 1 is 1.38 bits per heavy atom. The highest BCUT2D eigenvalue weighted by Crippen LogP contribution is 2.34. The van der Waals surface area contributed by atoms with E-state index in [9.17, 15) is 13.6 Å². The lowest BCUT2D eigenvalue weighted by molar-refractivity contribution is 0.0605. The average Bonchev–Trinajstić information content (AvgIpc) is 2.78. The van der Waals surface area contributed by atoms with Crippen LogP contribution in [0.5, 0.6) is 0 Å². The SMILES string of the molecule is CN/C(=C\c1c(N[C@H](C)c2cccc(C(F)(F)C#N)c2C)nn(C)c(=O)c1N)N1CC(C#N)C1. The van der Waals surface area contributed by atoms with E-state index in [0.717, 1.165) is 10.8 Å². The zero-order valence-corrected chi connectivity index (χ0v) is 19.4. The predicted octanol–water partition coefficient (Wildman–Crippen LogP) is 2.43. The Balaban J connectivity index is 2.03. The third-order valence-electron chi connectivity index (χ3n) is 5.94. The molecule has 0 saturated carbocycles. The first-order valence-corrected chi connectivity index (χ1v) is 10.6. The van der Waals surface area contributed by atoms with Gasteiger partial charge in [0, 0.05) is 32.7 Å². The number of nitrogens with one attached hydrogen (secondary N) is 2. The molecule has 1 aliphatic rings. The Hall–Kier alpha value is -4.12. The van der Waals surface area contributed by atoms with Crippen molar-refractivity contribution in [2.75, 3.05) is 31.2 Å². The first kappa shape index (κ1) is 24.5. The second-order valence-electron chi connectivity index (χ2n) is 8.19. The summed E-state index contributed by atoms with van der Waals surface area (Å²) in [6.07, 6.45) is 1.68. The largest absolute Gasteiger partial charge is 0.394 e. The van der Waals surface area contributed by atoms with Gasteiger partial charge in [-0.2, -0.15) is 24.4 Å². The van der Waals surface area contributed by atoms with Crippen LogP contribution in [0.25, 0.3) is 6.08 Å². The molecule has 9 nitrogen and oxygen atoms in total. The van der Waals surface area contributed by atoms with E-state index in [4.69, 9.17) is 16.3 Å². The van der Waals surface area contributed by atoms with Crippen molar-refractivity contribution < 1.29 is 8.78 Å². The minimum absolute atomic E-state index is 0.0289. The quantitative estimate of drug-likeness (QED) is 0.564. The molecule has 0 radical (unpaired) electrons. The van der Waals surface area contributed by atoms with E-state index < -0.39 is 17.5 Å². The van der Waals surface area contributed by atoms with Crippen LogP contribution in [0.3, 0.4) is 0 Å². The fourth-order valence-electron chi connectivity index (χ4n) is 3.94. The molecule has 2 aromatic rings. The van der Waals surface area contributed by atoms with Crippen molar-refractivity contribution in [2.45, 2.75) is 25.8 Å². The maximum Gasteiger partial charge on any atom is 0.357 e. The average molecular weight is 469 g/mol. The number of hydrogen-bond donors (Lipinski definition) is 3. The minimum Gasteiger partial charge on any atom is -0.394 e. The van der Waals surface area contributed by atoms with Crippen molar-refractivity contribution in [3.8, 4) is 12.1 Å². The first-order chi connectivity index (χ1) is 16.0. The van der Waals surface area contributed by atoms with Crippen LogP contribution in [-0.2, 0) is 13.0 Å². The molecule has 1 aliphatic heterocycles. The van der Waals surface area contributed by atoms with Crippen molar-refractivity contribution in [1.82, 2.24) is 20.0 Å². The molecule has 2 heterocycles. The van der Waals surface area contributed by atoms with Crippen molar-refractivity contribution in [1.29, 1.82) is 10.5 Å². The topological polar surface area (TPSA) is 136 Å². The summed E-state index contributed by atoms with van der Waals surface area (Å²) in [7, 11) is 3.18. The van der Waals surface area contributed by atoms with Gasteiger partial charge in [-0.05, 0) is 31.1 Å². The molecular weight excluding hydrogens is 442 g/mol. The summed E-state index contributed by atoms with van der Waals surface area (Å²) in [6, 6.07) is 7.13. The van der Waals surface area contributed by atoms with Crippen LogP contribution in [-0.4, -0.2) is 34.8 Å². The van der Waals surface area contributed by atoms with Crippen LogP contribution in [0, 0.1) is 35.5 Å². The molecule has 1 aromatic heterocycles. The van der Waals surface area contributed by atoms with Gasteiger partial charge in [-0.3, -0.25) is 4.79 Å². The molecule has 4 N–H and O–H groups in total. The van der Waals surface area contributed by atoms with E-state index in [1.54, 1.807) is 26.1 Å². The molecule has 1 atom stereocenters. The molecule has 0 bridgehead atoms. The molecule has 34 heavy (non-hydrogen) atoms. The number of anilines is 2. The molecule has 3 rings (SSSR count). The number of likely N-dealkylation sites (tertiary alicyclic amines) is 1. The Labute approximate surface area is 196 Å². The molecule has 178 valence electrons. The summed E-state index contributed by atoms with van der Waals surface area (Å²) in [5, 5.41) is 28.5. The van der Waals surface area contributed by atoms with Crippen molar-refractivity contribution in [3.05, 3.63) is 56.6 Å². The van der Waals surface area contributed by atoms with Gasteiger partial charge in [-0.25, -0.2) is 4.68 Å². The number of nitrogen functional groups attached to an aromatic ring is 1. The number of aryl methyl sites for hydroxylation is 1. The second kappa shape index (κ2) is 9.40. The van der Waals surface area contributed by atoms with Gasteiger partial charge in [0.15, 0.2) is 5.82 Å². The number of nitrogens with zero attached hydrogens (tertiary/aromatic N) is 5. The molecule has 0 aliphatic carbocycles. The van der Waals surface area contributed by atoms with Crippen molar-refractivity contribution >= 4 is 17.6 Å². The predicted molar refractivity (Wildman–Crippen MR) is 124 cm³/mol. The Morgan fingerprint density at radius 2 is 2.06 bits per heavy atom.